The molecule has 7 heteroatoms. The van der Waals surface area contributed by atoms with E-state index in [2.05, 4.69) is 34.9 Å². The van der Waals surface area contributed by atoms with Gasteiger partial charge in [-0.3, -0.25) is 9.59 Å². The average molecular weight is 475 g/mol. The van der Waals surface area contributed by atoms with E-state index >= 15 is 0 Å². The van der Waals surface area contributed by atoms with E-state index < -0.39 is 17.5 Å². The van der Waals surface area contributed by atoms with Crippen molar-refractivity contribution in [1.82, 2.24) is 10.6 Å². The summed E-state index contributed by atoms with van der Waals surface area (Å²) < 4.78 is 5.62. The molecule has 2 amide bonds. The Morgan fingerprint density at radius 2 is 1.54 bits per heavy atom. The van der Waals surface area contributed by atoms with Crippen LogP contribution in [0.4, 0.5) is 4.79 Å². The molecule has 0 aromatic heterocycles. The van der Waals surface area contributed by atoms with Gasteiger partial charge in [-0.25, -0.2) is 4.79 Å². The Hall–Kier alpha value is -3.35. The summed E-state index contributed by atoms with van der Waals surface area (Å²) in [6.45, 7) is 0.290. The Morgan fingerprint density at radius 1 is 0.886 bits per heavy atom. The second-order valence-corrected chi connectivity index (χ2v) is 10.8. The van der Waals surface area contributed by atoms with Crippen LogP contribution in [0, 0.1) is 17.3 Å². The number of rotatable bonds is 7. The van der Waals surface area contributed by atoms with Gasteiger partial charge in [0.05, 0.1) is 5.41 Å². The molecule has 0 radical (unpaired) electrons. The first-order valence-electron chi connectivity index (χ1n) is 12.6. The molecule has 3 N–H and O–H groups in total. The highest BCUT2D eigenvalue weighted by Gasteiger charge is 2.65. The van der Waals surface area contributed by atoms with Gasteiger partial charge in [0, 0.05) is 24.4 Å². The number of carboxylic acid groups (broad SMARTS) is 1. The number of carbonyl (C=O) groups excluding carboxylic acids is 2. The Bertz CT molecular complexity index is 1140. The van der Waals surface area contributed by atoms with Gasteiger partial charge >= 0.3 is 12.1 Å². The molecule has 0 heterocycles. The summed E-state index contributed by atoms with van der Waals surface area (Å²) in [7, 11) is 0. The molecule has 6 rings (SSSR count). The third kappa shape index (κ3) is 3.97. The summed E-state index contributed by atoms with van der Waals surface area (Å²) >= 11 is 0. The maximum absolute atomic E-state index is 12.4. The van der Waals surface area contributed by atoms with Crippen LogP contribution in [0.5, 0.6) is 0 Å². The van der Waals surface area contributed by atoms with Crippen LogP contribution in [0.25, 0.3) is 11.1 Å². The van der Waals surface area contributed by atoms with Gasteiger partial charge in [-0.2, -0.15) is 0 Å². The van der Waals surface area contributed by atoms with Gasteiger partial charge < -0.3 is 20.5 Å². The lowest BCUT2D eigenvalue weighted by molar-refractivity contribution is -0.143. The van der Waals surface area contributed by atoms with Gasteiger partial charge in [0.15, 0.2) is 0 Å². The van der Waals surface area contributed by atoms with Crippen molar-refractivity contribution in [1.29, 1.82) is 0 Å². The molecule has 7 nitrogen and oxygen atoms in total. The maximum atomic E-state index is 12.4. The molecule has 182 valence electrons. The predicted molar refractivity (Wildman–Crippen MR) is 129 cm³/mol. The van der Waals surface area contributed by atoms with Crippen molar-refractivity contribution in [3.8, 4) is 11.1 Å². The Morgan fingerprint density at radius 3 is 2.17 bits per heavy atom. The molecule has 0 spiro atoms. The predicted octanol–water partition coefficient (Wildman–Crippen LogP) is 4.06. The number of ether oxygens (including phenoxy) is 1. The van der Waals surface area contributed by atoms with Crippen LogP contribution in [0.3, 0.4) is 0 Å². The highest BCUT2D eigenvalue weighted by Crippen LogP contribution is 2.63. The second kappa shape index (κ2) is 8.40. The van der Waals surface area contributed by atoms with Gasteiger partial charge in [-0.1, -0.05) is 48.5 Å². The van der Waals surface area contributed by atoms with Crippen molar-refractivity contribution >= 4 is 18.0 Å². The lowest BCUT2D eigenvalue weighted by Crippen LogP contribution is -2.46. The van der Waals surface area contributed by atoms with Crippen LogP contribution in [0.2, 0.25) is 0 Å². The number of amides is 2. The third-order valence-corrected chi connectivity index (χ3v) is 8.58. The van der Waals surface area contributed by atoms with E-state index in [1.54, 1.807) is 0 Å². The number of carboxylic acids is 1. The quantitative estimate of drug-likeness (QED) is 0.561. The molecule has 4 aliphatic rings. The zero-order valence-electron chi connectivity index (χ0n) is 19.5. The molecule has 3 fully saturated rings. The minimum atomic E-state index is -0.722. The number of aliphatic carboxylic acids is 1. The Labute approximate surface area is 204 Å². The molecule has 3 saturated carbocycles. The van der Waals surface area contributed by atoms with E-state index in [0.29, 0.717) is 19.4 Å². The van der Waals surface area contributed by atoms with Gasteiger partial charge in [-0.15, -0.1) is 0 Å². The zero-order chi connectivity index (χ0) is 24.2. The Balaban J connectivity index is 0.934. The van der Waals surface area contributed by atoms with Crippen molar-refractivity contribution in [3.05, 3.63) is 59.7 Å². The monoisotopic (exact) mass is 474 g/mol. The molecule has 0 aliphatic heterocycles. The molecule has 2 aromatic carbocycles. The second-order valence-electron chi connectivity index (χ2n) is 10.8. The van der Waals surface area contributed by atoms with E-state index in [-0.39, 0.29) is 35.7 Å². The van der Waals surface area contributed by atoms with Gasteiger partial charge in [0.25, 0.3) is 0 Å². The van der Waals surface area contributed by atoms with E-state index in [1.165, 1.54) is 22.3 Å². The summed E-state index contributed by atoms with van der Waals surface area (Å²) in [6.07, 6.45) is 3.59. The number of carbonyl (C=O) groups is 3. The van der Waals surface area contributed by atoms with Crippen LogP contribution in [0.1, 0.15) is 55.6 Å². The number of hydrogen-bond acceptors (Lipinski definition) is 4. The molecule has 0 unspecified atom stereocenters. The van der Waals surface area contributed by atoms with Crippen LogP contribution in [0.15, 0.2) is 48.5 Å². The fourth-order valence-corrected chi connectivity index (χ4v) is 6.64. The van der Waals surface area contributed by atoms with Crippen molar-refractivity contribution in [3.63, 3.8) is 0 Å². The highest BCUT2D eigenvalue weighted by molar-refractivity contribution is 5.81. The summed E-state index contributed by atoms with van der Waals surface area (Å²) in [5.74, 6) is -0.243. The summed E-state index contributed by atoms with van der Waals surface area (Å²) in [5.41, 5.74) is 4.19. The summed E-state index contributed by atoms with van der Waals surface area (Å²) in [6, 6.07) is 16.5. The number of fused-ring (bicyclic) bond motifs is 4. The minimum absolute atomic E-state index is 0.0126. The highest BCUT2D eigenvalue weighted by atomic mass is 16.5. The van der Waals surface area contributed by atoms with E-state index in [1.807, 2.05) is 24.3 Å². The average Bonchev–Trinajstić information content (AvgIpc) is 3.25. The molecule has 0 saturated heterocycles. The largest absolute Gasteiger partial charge is 0.481 e. The number of hydrogen-bond donors (Lipinski definition) is 3. The topological polar surface area (TPSA) is 105 Å². The molecule has 4 aliphatic carbocycles. The summed E-state index contributed by atoms with van der Waals surface area (Å²) in [5, 5.41) is 15.4. The number of nitrogens with one attached hydrogen (secondary N) is 2. The fourth-order valence-electron chi connectivity index (χ4n) is 6.64. The van der Waals surface area contributed by atoms with Crippen molar-refractivity contribution < 1.29 is 24.2 Å². The van der Waals surface area contributed by atoms with E-state index in [9.17, 15) is 19.5 Å². The molecule has 2 aromatic rings. The molecular formula is C28H30N2O5. The van der Waals surface area contributed by atoms with Crippen molar-refractivity contribution in [2.45, 2.75) is 56.5 Å². The minimum Gasteiger partial charge on any atom is -0.481 e. The van der Waals surface area contributed by atoms with Crippen LogP contribution >= 0.6 is 0 Å². The normalized spacial score (nSPS) is 29.8. The maximum Gasteiger partial charge on any atom is 0.407 e. The first-order valence-corrected chi connectivity index (χ1v) is 12.6. The van der Waals surface area contributed by atoms with Crippen molar-refractivity contribution in [2.75, 3.05) is 6.61 Å². The fraction of sp³-hybridized carbons (Fsp3) is 0.464. The van der Waals surface area contributed by atoms with Crippen LogP contribution in [-0.2, 0) is 14.3 Å². The molecular weight excluding hydrogens is 444 g/mol. The van der Waals surface area contributed by atoms with Crippen LogP contribution < -0.4 is 10.6 Å². The first kappa shape index (κ1) is 22.1. The van der Waals surface area contributed by atoms with Gasteiger partial charge in [0.1, 0.15) is 6.61 Å². The molecule has 35 heavy (non-hydrogen) atoms. The lowest BCUT2D eigenvalue weighted by Gasteiger charge is -2.35. The SMILES string of the molecule is O=C(CC1CC(NC(=O)OCC2c3ccccc3-c3ccccc32)C1)N[C@@H]1C[C@H]2C[C@@]2(C(=O)O)C1. The van der Waals surface area contributed by atoms with E-state index in [4.69, 9.17) is 4.74 Å². The third-order valence-electron chi connectivity index (χ3n) is 8.58. The lowest BCUT2D eigenvalue weighted by atomic mass is 9.78. The zero-order valence-corrected chi connectivity index (χ0v) is 19.5. The van der Waals surface area contributed by atoms with Gasteiger partial charge in [0.2, 0.25) is 5.91 Å². The molecule has 3 atom stereocenters. The summed E-state index contributed by atoms with van der Waals surface area (Å²) in [4.78, 5) is 36.3. The number of benzene rings is 2. The standard InChI is InChI=1S/C28H30N2O5/c31-25(29-19-12-17-13-28(17,14-19)26(32)33)11-16-9-18(10-16)30-27(34)35-15-24-22-7-3-1-5-20(22)21-6-2-4-8-23(21)24/h1-8,16-19,24H,9-15H2,(H,29,31)(H,30,34)(H,32,33)/t16?,17-,18?,19+,28+/m0/s1. The van der Waals surface area contributed by atoms with E-state index in [0.717, 1.165) is 25.7 Å². The molecule has 0 bridgehead atoms. The first-order chi connectivity index (χ1) is 16.9. The van der Waals surface area contributed by atoms with Crippen molar-refractivity contribution in [2.24, 2.45) is 17.3 Å². The number of alkyl carbamates (subject to hydrolysis) is 1. The Kier molecular flexibility index (Phi) is 5.31. The van der Waals surface area contributed by atoms with Gasteiger partial charge in [-0.05, 0) is 66.2 Å². The smallest absolute Gasteiger partial charge is 0.407 e. The van der Waals surface area contributed by atoms with Crippen LogP contribution in [-0.4, -0.2) is 41.8 Å².